The molecule has 0 unspecified atom stereocenters. The van der Waals surface area contributed by atoms with E-state index in [9.17, 15) is 13.6 Å². The lowest BCUT2D eigenvalue weighted by molar-refractivity contribution is 0.0980. The molecule has 1 amide bonds. The van der Waals surface area contributed by atoms with Crippen LogP contribution in [-0.2, 0) is 0 Å². The molecule has 14 heavy (non-hydrogen) atoms. The molecule has 0 fully saturated rings. The van der Waals surface area contributed by atoms with Crippen LogP contribution in [0.4, 0.5) is 8.78 Å². The van der Waals surface area contributed by atoms with Gasteiger partial charge in [0.25, 0.3) is 5.91 Å². The van der Waals surface area contributed by atoms with E-state index < -0.39 is 17.5 Å². The minimum Gasteiger partial charge on any atom is -0.296 e. The van der Waals surface area contributed by atoms with Gasteiger partial charge in [0.2, 0.25) is 0 Å². The third-order valence-corrected chi connectivity index (χ3v) is 2.13. The van der Waals surface area contributed by atoms with Crippen molar-refractivity contribution in [1.29, 1.82) is 0 Å². The second-order valence-corrected chi connectivity index (χ2v) is 3.40. The third kappa shape index (κ3) is 2.36. The molecule has 0 bridgehead atoms. The fourth-order valence-electron chi connectivity index (χ4n) is 0.844. The van der Waals surface area contributed by atoms with Crippen LogP contribution in [0.15, 0.2) is 12.1 Å². The monoisotopic (exact) mass is 237 g/mol. The van der Waals surface area contributed by atoms with Gasteiger partial charge in [0.15, 0.2) is 0 Å². The molecule has 1 N–H and O–H groups in total. The summed E-state index contributed by atoms with van der Waals surface area (Å²) in [5, 5.41) is -0.280. The van der Waals surface area contributed by atoms with E-state index in [1.54, 1.807) is 6.26 Å². The molecular weight excluding hydrogens is 232 g/mol. The summed E-state index contributed by atoms with van der Waals surface area (Å²) in [5.41, 5.74) is -0.272. The predicted molar refractivity (Wildman–Crippen MR) is 52.3 cm³/mol. The number of hydrogen-bond donors (Lipinski definition) is 1. The van der Waals surface area contributed by atoms with Crippen LogP contribution < -0.4 is 4.72 Å². The first-order chi connectivity index (χ1) is 6.56. The molecule has 2 nitrogen and oxygen atoms in total. The first-order valence-electron chi connectivity index (χ1n) is 3.54. The van der Waals surface area contributed by atoms with E-state index in [0.29, 0.717) is 6.07 Å². The molecule has 1 aromatic rings. The van der Waals surface area contributed by atoms with Crippen LogP contribution >= 0.6 is 23.5 Å². The molecule has 0 atom stereocenters. The molecule has 0 saturated heterocycles. The quantitative estimate of drug-likeness (QED) is 0.633. The van der Waals surface area contributed by atoms with Gasteiger partial charge in [0, 0.05) is 12.3 Å². The number of carbonyl (C=O) groups is 1. The van der Waals surface area contributed by atoms with E-state index in [1.165, 1.54) is 0 Å². The molecule has 0 saturated carbocycles. The van der Waals surface area contributed by atoms with Gasteiger partial charge in [-0.2, -0.15) is 0 Å². The van der Waals surface area contributed by atoms with Gasteiger partial charge in [0.1, 0.15) is 11.6 Å². The van der Waals surface area contributed by atoms with E-state index >= 15 is 0 Å². The molecule has 0 heterocycles. The van der Waals surface area contributed by atoms with Crippen molar-refractivity contribution in [1.82, 2.24) is 4.72 Å². The Bertz CT molecular complexity index is 373. The third-order valence-electron chi connectivity index (χ3n) is 1.45. The lowest BCUT2D eigenvalue weighted by Crippen LogP contribution is -2.17. The standard InChI is InChI=1S/C8H6ClF2NOS/c1-14-12-8(13)4-2-5(9)7(11)3-6(4)10/h2-3H,1H3,(H,12,13). The number of halogens is 3. The Hall–Kier alpha value is -0.810. The summed E-state index contributed by atoms with van der Waals surface area (Å²) in [5.74, 6) is -2.46. The number of benzene rings is 1. The SMILES string of the molecule is CSNC(=O)c1cc(Cl)c(F)cc1F. The average molecular weight is 238 g/mol. The highest BCUT2D eigenvalue weighted by atomic mass is 35.5. The largest absolute Gasteiger partial charge is 0.296 e. The number of carbonyl (C=O) groups excluding carboxylic acids is 1. The van der Waals surface area contributed by atoms with Crippen LogP contribution in [0.3, 0.4) is 0 Å². The maximum atomic E-state index is 13.0. The van der Waals surface area contributed by atoms with E-state index in [4.69, 9.17) is 11.6 Å². The Morgan fingerprint density at radius 3 is 2.64 bits per heavy atom. The molecular formula is C8H6ClF2NOS. The van der Waals surface area contributed by atoms with Crippen LogP contribution in [0.1, 0.15) is 10.4 Å². The molecule has 1 aromatic carbocycles. The van der Waals surface area contributed by atoms with Gasteiger partial charge in [-0.3, -0.25) is 9.52 Å². The number of rotatable bonds is 2. The van der Waals surface area contributed by atoms with Crippen molar-refractivity contribution in [3.8, 4) is 0 Å². The first-order valence-corrected chi connectivity index (χ1v) is 5.14. The van der Waals surface area contributed by atoms with Crippen molar-refractivity contribution >= 4 is 29.5 Å². The molecule has 0 aromatic heterocycles. The highest BCUT2D eigenvalue weighted by Gasteiger charge is 2.14. The number of hydrogen-bond acceptors (Lipinski definition) is 2. The van der Waals surface area contributed by atoms with E-state index in [-0.39, 0.29) is 10.6 Å². The van der Waals surface area contributed by atoms with E-state index in [0.717, 1.165) is 18.0 Å². The summed E-state index contributed by atoms with van der Waals surface area (Å²) in [6.45, 7) is 0. The zero-order valence-corrected chi connectivity index (χ0v) is 8.68. The van der Waals surface area contributed by atoms with Crippen LogP contribution in [0.2, 0.25) is 5.02 Å². The lowest BCUT2D eigenvalue weighted by Gasteiger charge is -2.03. The average Bonchev–Trinajstić information content (AvgIpc) is 2.11. The van der Waals surface area contributed by atoms with Gasteiger partial charge in [-0.15, -0.1) is 0 Å². The Morgan fingerprint density at radius 2 is 2.07 bits per heavy atom. The highest BCUT2D eigenvalue weighted by molar-refractivity contribution is 7.97. The van der Waals surface area contributed by atoms with Crippen LogP contribution in [0, 0.1) is 11.6 Å². The molecule has 0 radical (unpaired) electrons. The Labute approximate surface area is 88.8 Å². The molecule has 0 aliphatic heterocycles. The summed E-state index contributed by atoms with van der Waals surface area (Å²) in [7, 11) is 0. The van der Waals surface area contributed by atoms with E-state index in [1.807, 2.05) is 0 Å². The number of amides is 1. The second kappa shape index (κ2) is 4.61. The van der Waals surface area contributed by atoms with Crippen molar-refractivity contribution in [2.45, 2.75) is 0 Å². The topological polar surface area (TPSA) is 29.1 Å². The summed E-state index contributed by atoms with van der Waals surface area (Å²) in [6.07, 6.45) is 1.61. The summed E-state index contributed by atoms with van der Waals surface area (Å²) in [6, 6.07) is 1.54. The highest BCUT2D eigenvalue weighted by Crippen LogP contribution is 2.19. The molecule has 0 aliphatic rings. The van der Waals surface area contributed by atoms with E-state index in [2.05, 4.69) is 4.72 Å². The summed E-state index contributed by atoms with van der Waals surface area (Å²) < 4.78 is 28.0. The van der Waals surface area contributed by atoms with Gasteiger partial charge < -0.3 is 0 Å². The molecule has 0 spiro atoms. The maximum absolute atomic E-state index is 13.0. The first kappa shape index (κ1) is 11.3. The van der Waals surface area contributed by atoms with Crippen molar-refractivity contribution in [2.75, 3.05) is 6.26 Å². The smallest absolute Gasteiger partial charge is 0.264 e. The molecule has 1 rings (SSSR count). The maximum Gasteiger partial charge on any atom is 0.264 e. The van der Waals surface area contributed by atoms with Gasteiger partial charge in [0.05, 0.1) is 10.6 Å². The van der Waals surface area contributed by atoms with Crippen molar-refractivity contribution in [2.24, 2.45) is 0 Å². The van der Waals surface area contributed by atoms with Gasteiger partial charge >= 0.3 is 0 Å². The van der Waals surface area contributed by atoms with Crippen molar-refractivity contribution in [3.05, 3.63) is 34.4 Å². The normalized spacial score (nSPS) is 10.0. The minimum atomic E-state index is -0.932. The Balaban J connectivity index is 3.09. The Kier molecular flexibility index (Phi) is 3.71. The minimum absolute atomic E-state index is 0.272. The Morgan fingerprint density at radius 1 is 1.43 bits per heavy atom. The molecule has 0 aliphatic carbocycles. The molecule has 6 heteroatoms. The molecule has 76 valence electrons. The number of nitrogens with one attached hydrogen (secondary N) is 1. The zero-order valence-electron chi connectivity index (χ0n) is 7.11. The fourth-order valence-corrected chi connectivity index (χ4v) is 1.30. The predicted octanol–water partition coefficient (Wildman–Crippen LogP) is 2.63. The fraction of sp³-hybridized carbons (Fsp3) is 0.125. The summed E-state index contributed by atoms with van der Waals surface area (Å²) >= 11 is 6.42. The van der Waals surface area contributed by atoms with Crippen LogP contribution in [0.5, 0.6) is 0 Å². The second-order valence-electron chi connectivity index (χ2n) is 2.38. The van der Waals surface area contributed by atoms with Gasteiger partial charge in [-0.1, -0.05) is 23.5 Å². The van der Waals surface area contributed by atoms with Crippen LogP contribution in [0.25, 0.3) is 0 Å². The zero-order chi connectivity index (χ0) is 10.7. The van der Waals surface area contributed by atoms with Gasteiger partial charge in [-0.25, -0.2) is 8.78 Å². The van der Waals surface area contributed by atoms with Gasteiger partial charge in [-0.05, 0) is 6.07 Å². The van der Waals surface area contributed by atoms with Crippen molar-refractivity contribution < 1.29 is 13.6 Å². The summed E-state index contributed by atoms with van der Waals surface area (Å²) in [4.78, 5) is 11.2. The lowest BCUT2D eigenvalue weighted by atomic mass is 10.2. The van der Waals surface area contributed by atoms with Crippen LogP contribution in [-0.4, -0.2) is 12.2 Å². The van der Waals surface area contributed by atoms with Crippen molar-refractivity contribution in [3.63, 3.8) is 0 Å².